The number of aryl methyl sites for hydroxylation is 2. The van der Waals surface area contributed by atoms with E-state index in [1.165, 1.54) is 24.0 Å². The molecule has 0 atom stereocenters. The Labute approximate surface area is 120 Å². The Morgan fingerprint density at radius 2 is 2.20 bits per heavy atom. The van der Waals surface area contributed by atoms with Crippen LogP contribution in [0.5, 0.6) is 5.75 Å². The van der Waals surface area contributed by atoms with Crippen molar-refractivity contribution in [3.05, 3.63) is 48.0 Å². The Bertz CT molecular complexity index is 508. The Morgan fingerprint density at radius 3 is 2.90 bits per heavy atom. The summed E-state index contributed by atoms with van der Waals surface area (Å²) < 4.78 is 7.38. The van der Waals surface area contributed by atoms with Crippen LogP contribution in [-0.2, 0) is 13.1 Å². The largest absolute Gasteiger partial charge is 0.496 e. The van der Waals surface area contributed by atoms with E-state index < -0.39 is 0 Å². The maximum Gasteiger partial charge on any atom is 0.121 e. The molecule has 0 unspecified atom stereocenters. The van der Waals surface area contributed by atoms with Gasteiger partial charge in [-0.3, -0.25) is 0 Å². The standard InChI is InChI=1S/C16H23N3O/c1-14-11-15(5-6-16(14)20-2)12-17-7-3-4-9-19-10-8-18-13-19/h5-6,8,10-11,13,17H,3-4,7,9,12H2,1-2H3. The summed E-state index contributed by atoms with van der Waals surface area (Å²) in [5, 5.41) is 3.48. The van der Waals surface area contributed by atoms with Crippen molar-refractivity contribution >= 4 is 0 Å². The van der Waals surface area contributed by atoms with Crippen molar-refractivity contribution in [1.82, 2.24) is 14.9 Å². The van der Waals surface area contributed by atoms with Gasteiger partial charge >= 0.3 is 0 Å². The van der Waals surface area contributed by atoms with Gasteiger partial charge in [0.2, 0.25) is 0 Å². The van der Waals surface area contributed by atoms with Gasteiger partial charge in [-0.2, -0.15) is 0 Å². The first-order chi connectivity index (χ1) is 9.79. The number of benzene rings is 1. The molecule has 1 aromatic carbocycles. The average Bonchev–Trinajstić information content (AvgIpc) is 2.96. The fraction of sp³-hybridized carbons (Fsp3) is 0.438. The minimum Gasteiger partial charge on any atom is -0.496 e. The monoisotopic (exact) mass is 273 g/mol. The average molecular weight is 273 g/mol. The quantitative estimate of drug-likeness (QED) is 0.752. The summed E-state index contributed by atoms with van der Waals surface area (Å²) in [7, 11) is 1.71. The molecule has 0 saturated heterocycles. The second-order valence-electron chi connectivity index (χ2n) is 4.99. The van der Waals surface area contributed by atoms with Crippen LogP contribution >= 0.6 is 0 Å². The highest BCUT2D eigenvalue weighted by Crippen LogP contribution is 2.18. The van der Waals surface area contributed by atoms with Crippen LogP contribution in [0, 0.1) is 6.92 Å². The smallest absolute Gasteiger partial charge is 0.121 e. The molecule has 20 heavy (non-hydrogen) atoms. The number of imidazole rings is 1. The predicted molar refractivity (Wildman–Crippen MR) is 80.9 cm³/mol. The van der Waals surface area contributed by atoms with Crippen molar-refractivity contribution in [2.75, 3.05) is 13.7 Å². The Hall–Kier alpha value is -1.81. The fourth-order valence-electron chi connectivity index (χ4n) is 2.25. The zero-order chi connectivity index (χ0) is 14.2. The summed E-state index contributed by atoms with van der Waals surface area (Å²) in [6.07, 6.45) is 8.05. The summed E-state index contributed by atoms with van der Waals surface area (Å²) in [4.78, 5) is 4.04. The lowest BCUT2D eigenvalue weighted by atomic mass is 10.1. The molecule has 0 aliphatic carbocycles. The first-order valence-electron chi connectivity index (χ1n) is 7.09. The van der Waals surface area contributed by atoms with Gasteiger partial charge in [0.1, 0.15) is 5.75 Å². The van der Waals surface area contributed by atoms with E-state index in [0.29, 0.717) is 0 Å². The lowest BCUT2D eigenvalue weighted by molar-refractivity contribution is 0.411. The topological polar surface area (TPSA) is 39.1 Å². The van der Waals surface area contributed by atoms with Gasteiger partial charge in [0.15, 0.2) is 0 Å². The normalized spacial score (nSPS) is 10.7. The molecule has 0 fully saturated rings. The predicted octanol–water partition coefficient (Wildman–Crippen LogP) is 2.77. The van der Waals surface area contributed by atoms with Gasteiger partial charge in [-0.15, -0.1) is 0 Å². The SMILES string of the molecule is COc1ccc(CNCCCCn2ccnc2)cc1C. The Balaban J connectivity index is 1.62. The number of nitrogens with one attached hydrogen (secondary N) is 1. The molecule has 0 saturated carbocycles. The van der Waals surface area contributed by atoms with E-state index in [2.05, 4.69) is 33.9 Å². The number of nitrogens with zero attached hydrogens (tertiary/aromatic N) is 2. The molecular weight excluding hydrogens is 250 g/mol. The van der Waals surface area contributed by atoms with Gasteiger partial charge in [-0.1, -0.05) is 12.1 Å². The third-order valence-electron chi connectivity index (χ3n) is 3.37. The van der Waals surface area contributed by atoms with Crippen LogP contribution < -0.4 is 10.1 Å². The second-order valence-corrected chi connectivity index (χ2v) is 4.99. The van der Waals surface area contributed by atoms with E-state index in [9.17, 15) is 0 Å². The van der Waals surface area contributed by atoms with E-state index in [1.807, 2.05) is 24.8 Å². The van der Waals surface area contributed by atoms with Crippen molar-refractivity contribution in [1.29, 1.82) is 0 Å². The van der Waals surface area contributed by atoms with Crippen LogP contribution in [0.3, 0.4) is 0 Å². The molecule has 108 valence electrons. The van der Waals surface area contributed by atoms with Crippen LogP contribution in [0.25, 0.3) is 0 Å². The van der Waals surface area contributed by atoms with Crippen LogP contribution in [0.4, 0.5) is 0 Å². The first kappa shape index (κ1) is 14.6. The maximum absolute atomic E-state index is 5.27. The molecule has 0 amide bonds. The van der Waals surface area contributed by atoms with Crippen molar-refractivity contribution in [2.24, 2.45) is 0 Å². The molecule has 2 aromatic rings. The summed E-state index contributed by atoms with van der Waals surface area (Å²) in [5.41, 5.74) is 2.49. The number of methoxy groups -OCH3 is 1. The maximum atomic E-state index is 5.27. The zero-order valence-corrected chi connectivity index (χ0v) is 12.3. The van der Waals surface area contributed by atoms with Gasteiger partial charge < -0.3 is 14.6 Å². The number of ether oxygens (including phenoxy) is 1. The number of rotatable bonds is 8. The van der Waals surface area contributed by atoms with E-state index in [-0.39, 0.29) is 0 Å². The molecule has 1 aromatic heterocycles. The van der Waals surface area contributed by atoms with Gasteiger partial charge in [0.25, 0.3) is 0 Å². The minimum atomic E-state index is 0.913. The number of hydrogen-bond acceptors (Lipinski definition) is 3. The van der Waals surface area contributed by atoms with Crippen molar-refractivity contribution < 1.29 is 4.74 Å². The Morgan fingerprint density at radius 1 is 1.30 bits per heavy atom. The zero-order valence-electron chi connectivity index (χ0n) is 12.3. The lowest BCUT2D eigenvalue weighted by Crippen LogP contribution is -2.15. The van der Waals surface area contributed by atoms with Crippen LogP contribution in [0.15, 0.2) is 36.9 Å². The summed E-state index contributed by atoms with van der Waals surface area (Å²) >= 11 is 0. The Kier molecular flexibility index (Phi) is 5.62. The van der Waals surface area contributed by atoms with Gasteiger partial charge in [0, 0.05) is 25.5 Å². The molecule has 0 radical (unpaired) electrons. The highest BCUT2D eigenvalue weighted by Gasteiger charge is 1.99. The van der Waals surface area contributed by atoms with E-state index in [0.717, 1.165) is 25.4 Å². The summed E-state index contributed by atoms with van der Waals surface area (Å²) in [6, 6.07) is 6.33. The van der Waals surface area contributed by atoms with Crippen LogP contribution in [0.1, 0.15) is 24.0 Å². The minimum absolute atomic E-state index is 0.913. The van der Waals surface area contributed by atoms with Crippen LogP contribution in [0.2, 0.25) is 0 Å². The third-order valence-corrected chi connectivity index (χ3v) is 3.37. The van der Waals surface area contributed by atoms with E-state index in [4.69, 9.17) is 4.74 Å². The number of aromatic nitrogens is 2. The number of unbranched alkanes of at least 4 members (excludes halogenated alkanes) is 1. The van der Waals surface area contributed by atoms with Gasteiger partial charge in [-0.25, -0.2) is 4.98 Å². The molecule has 1 heterocycles. The molecule has 4 nitrogen and oxygen atoms in total. The molecule has 2 rings (SSSR count). The fourth-order valence-corrected chi connectivity index (χ4v) is 2.25. The molecule has 1 N–H and O–H groups in total. The summed E-state index contributed by atoms with van der Waals surface area (Å²) in [6.45, 7) is 5.08. The second kappa shape index (κ2) is 7.70. The molecule has 0 spiro atoms. The molecular formula is C16H23N3O. The van der Waals surface area contributed by atoms with Crippen molar-refractivity contribution in [2.45, 2.75) is 32.9 Å². The molecule has 0 aliphatic rings. The molecule has 0 bridgehead atoms. The van der Waals surface area contributed by atoms with Crippen LogP contribution in [-0.4, -0.2) is 23.2 Å². The van der Waals surface area contributed by atoms with E-state index in [1.54, 1.807) is 7.11 Å². The lowest BCUT2D eigenvalue weighted by Gasteiger charge is -2.09. The summed E-state index contributed by atoms with van der Waals surface area (Å²) in [5.74, 6) is 0.953. The van der Waals surface area contributed by atoms with Gasteiger partial charge in [0.05, 0.1) is 13.4 Å². The third kappa shape index (κ3) is 4.38. The highest BCUT2D eigenvalue weighted by atomic mass is 16.5. The number of hydrogen-bond donors (Lipinski definition) is 1. The van der Waals surface area contributed by atoms with Crippen molar-refractivity contribution in [3.8, 4) is 5.75 Å². The van der Waals surface area contributed by atoms with Crippen molar-refractivity contribution in [3.63, 3.8) is 0 Å². The van der Waals surface area contributed by atoms with Gasteiger partial charge in [-0.05, 0) is 43.5 Å². The molecule has 4 heteroatoms. The highest BCUT2D eigenvalue weighted by molar-refractivity contribution is 5.36. The molecule has 0 aliphatic heterocycles. The first-order valence-corrected chi connectivity index (χ1v) is 7.09. The van der Waals surface area contributed by atoms with E-state index >= 15 is 0 Å².